The van der Waals surface area contributed by atoms with Crippen LogP contribution in [0.15, 0.2) is 35.7 Å². The summed E-state index contributed by atoms with van der Waals surface area (Å²) in [6.45, 7) is 8.80. The summed E-state index contributed by atoms with van der Waals surface area (Å²) < 4.78 is 0. The Hall–Kier alpha value is -1.28. The van der Waals surface area contributed by atoms with Crippen LogP contribution in [0.5, 0.6) is 5.75 Å². The first kappa shape index (κ1) is 19.8. The first-order chi connectivity index (χ1) is 11.1. The Morgan fingerprint density at radius 2 is 1.83 bits per heavy atom. The van der Waals surface area contributed by atoms with Gasteiger partial charge in [0.1, 0.15) is 5.75 Å². The highest BCUT2D eigenvalue weighted by Crippen LogP contribution is 2.30. The summed E-state index contributed by atoms with van der Waals surface area (Å²) in [5.41, 5.74) is 2.52. The molecule has 1 heterocycles. The molecule has 1 nitrogen and oxygen atoms in total. The number of hydrogen-bond donors (Lipinski definition) is 1. The van der Waals surface area contributed by atoms with Crippen LogP contribution in [0, 0.1) is 5.92 Å². The Balaban J connectivity index is 0.000000204. The molecule has 1 aliphatic rings. The zero-order valence-corrected chi connectivity index (χ0v) is 16.0. The molecule has 128 valence electrons. The smallest absolute Gasteiger partial charge is 0.119 e. The topological polar surface area (TPSA) is 20.2 Å². The van der Waals surface area contributed by atoms with Gasteiger partial charge in [-0.3, -0.25) is 0 Å². The summed E-state index contributed by atoms with van der Waals surface area (Å²) in [6, 6.07) is 10.1. The van der Waals surface area contributed by atoms with Crippen LogP contribution in [0.2, 0.25) is 0 Å². The molecule has 0 fully saturated rings. The molecule has 0 saturated carbocycles. The van der Waals surface area contributed by atoms with Crippen molar-refractivity contribution in [1.82, 2.24) is 0 Å². The molecule has 23 heavy (non-hydrogen) atoms. The zero-order valence-electron chi connectivity index (χ0n) is 15.1. The number of thiophene rings is 1. The van der Waals surface area contributed by atoms with Gasteiger partial charge in [0.25, 0.3) is 0 Å². The number of phenolic OH excluding ortho intramolecular Hbond substituents is 1. The Bertz CT molecular complexity index is 529. The van der Waals surface area contributed by atoms with Gasteiger partial charge in [-0.25, -0.2) is 0 Å². The third kappa shape index (κ3) is 7.22. The summed E-state index contributed by atoms with van der Waals surface area (Å²) in [5.74, 6) is 1.26. The largest absolute Gasteiger partial charge is 0.508 e. The standard InChI is InChI=1S/C11H14O.C6H8S.C4H10/c1-8-5-6-10-9(7-8)3-2-4-11(10)12;1-2-6-4-3-5-7-6;1-3-4-2/h2-4,8,12H,5-7H2,1H3;3-5H,2H2,1H3;3-4H2,1-2H3/t8-;;/m0../s1. The maximum Gasteiger partial charge on any atom is 0.119 e. The molecule has 1 aromatic carbocycles. The van der Waals surface area contributed by atoms with Crippen LogP contribution >= 0.6 is 11.3 Å². The third-order valence-corrected chi connectivity index (χ3v) is 5.15. The molecular weight excluding hydrogens is 300 g/mol. The SMILES string of the molecule is CCCC.CCc1cccs1.C[C@H]1CCc2c(O)cccc2C1. The summed E-state index contributed by atoms with van der Waals surface area (Å²) in [5, 5.41) is 11.7. The molecular formula is C21H32OS. The molecule has 1 aliphatic carbocycles. The van der Waals surface area contributed by atoms with E-state index < -0.39 is 0 Å². The van der Waals surface area contributed by atoms with Crippen molar-refractivity contribution in [2.75, 3.05) is 0 Å². The van der Waals surface area contributed by atoms with Crippen molar-refractivity contribution in [3.8, 4) is 5.75 Å². The normalized spacial score (nSPS) is 15.6. The van der Waals surface area contributed by atoms with Crippen molar-refractivity contribution in [2.45, 2.75) is 66.2 Å². The second-order valence-electron chi connectivity index (χ2n) is 6.20. The number of aromatic hydroxyl groups is 1. The monoisotopic (exact) mass is 332 g/mol. The van der Waals surface area contributed by atoms with Crippen LogP contribution in [-0.2, 0) is 19.3 Å². The van der Waals surface area contributed by atoms with Crippen molar-refractivity contribution < 1.29 is 5.11 Å². The minimum Gasteiger partial charge on any atom is -0.508 e. The van der Waals surface area contributed by atoms with Crippen LogP contribution in [0.25, 0.3) is 0 Å². The maximum absolute atomic E-state index is 9.54. The molecule has 3 rings (SSSR count). The van der Waals surface area contributed by atoms with E-state index in [1.54, 1.807) is 6.07 Å². The van der Waals surface area contributed by atoms with E-state index in [1.807, 2.05) is 17.4 Å². The summed E-state index contributed by atoms with van der Waals surface area (Å²) in [6.07, 6.45) is 7.20. The second kappa shape index (κ2) is 11.3. The number of phenols is 1. The van der Waals surface area contributed by atoms with Gasteiger partial charge in [-0.1, -0.05) is 58.7 Å². The highest BCUT2D eigenvalue weighted by Gasteiger charge is 2.16. The quantitative estimate of drug-likeness (QED) is 0.654. The van der Waals surface area contributed by atoms with Gasteiger partial charge < -0.3 is 5.11 Å². The molecule has 1 N–H and O–H groups in total. The fourth-order valence-corrected chi connectivity index (χ4v) is 3.14. The Kier molecular flexibility index (Phi) is 9.70. The van der Waals surface area contributed by atoms with E-state index >= 15 is 0 Å². The lowest BCUT2D eigenvalue weighted by Gasteiger charge is -2.21. The number of rotatable bonds is 2. The average molecular weight is 333 g/mol. The molecule has 0 spiro atoms. The average Bonchev–Trinajstić information content (AvgIpc) is 3.09. The second-order valence-corrected chi connectivity index (χ2v) is 7.23. The van der Waals surface area contributed by atoms with Crippen LogP contribution in [0.3, 0.4) is 0 Å². The molecule has 1 aromatic heterocycles. The number of aryl methyl sites for hydroxylation is 1. The Labute approximate surface area is 146 Å². The molecule has 0 saturated heterocycles. The van der Waals surface area contributed by atoms with Gasteiger partial charge in [0.2, 0.25) is 0 Å². The minimum atomic E-state index is 0.486. The first-order valence-electron chi connectivity index (χ1n) is 8.94. The van der Waals surface area contributed by atoms with Gasteiger partial charge in [0.15, 0.2) is 0 Å². The summed E-state index contributed by atoms with van der Waals surface area (Å²) >= 11 is 1.82. The predicted octanol–water partition coefficient (Wildman–Crippen LogP) is 6.63. The fraction of sp³-hybridized carbons (Fsp3) is 0.524. The van der Waals surface area contributed by atoms with Gasteiger partial charge in [-0.2, -0.15) is 0 Å². The molecule has 0 radical (unpaired) electrons. The molecule has 0 bridgehead atoms. The molecule has 2 heteroatoms. The van der Waals surface area contributed by atoms with E-state index in [1.165, 1.54) is 41.7 Å². The summed E-state index contributed by atoms with van der Waals surface area (Å²) in [7, 11) is 0. The van der Waals surface area contributed by atoms with Gasteiger partial charge in [0.05, 0.1) is 0 Å². The Morgan fingerprint density at radius 1 is 1.09 bits per heavy atom. The number of fused-ring (bicyclic) bond motifs is 1. The van der Waals surface area contributed by atoms with Crippen molar-refractivity contribution in [1.29, 1.82) is 0 Å². The third-order valence-electron chi connectivity index (χ3n) is 4.13. The molecule has 1 atom stereocenters. The lowest BCUT2D eigenvalue weighted by molar-refractivity contribution is 0.444. The van der Waals surface area contributed by atoms with Gasteiger partial charge in [0, 0.05) is 4.88 Å². The van der Waals surface area contributed by atoms with Crippen LogP contribution in [0.1, 0.15) is 63.0 Å². The van der Waals surface area contributed by atoms with Crippen LogP contribution in [-0.4, -0.2) is 5.11 Å². The van der Waals surface area contributed by atoms with Crippen molar-refractivity contribution >= 4 is 11.3 Å². The Morgan fingerprint density at radius 3 is 2.35 bits per heavy atom. The number of benzene rings is 1. The van der Waals surface area contributed by atoms with E-state index in [2.05, 4.69) is 51.3 Å². The lowest BCUT2D eigenvalue weighted by atomic mass is 9.85. The van der Waals surface area contributed by atoms with E-state index in [9.17, 15) is 5.11 Å². The predicted molar refractivity (Wildman–Crippen MR) is 104 cm³/mol. The van der Waals surface area contributed by atoms with E-state index in [0.717, 1.165) is 18.8 Å². The number of hydrogen-bond acceptors (Lipinski definition) is 2. The van der Waals surface area contributed by atoms with Crippen LogP contribution < -0.4 is 0 Å². The van der Waals surface area contributed by atoms with Crippen molar-refractivity contribution in [3.63, 3.8) is 0 Å². The highest BCUT2D eigenvalue weighted by molar-refractivity contribution is 7.09. The molecule has 2 aromatic rings. The van der Waals surface area contributed by atoms with E-state index in [-0.39, 0.29) is 0 Å². The molecule has 0 aliphatic heterocycles. The fourth-order valence-electron chi connectivity index (χ4n) is 2.48. The highest BCUT2D eigenvalue weighted by atomic mass is 32.1. The zero-order chi connectivity index (χ0) is 17.1. The van der Waals surface area contributed by atoms with E-state index in [0.29, 0.717) is 5.75 Å². The first-order valence-corrected chi connectivity index (χ1v) is 9.82. The van der Waals surface area contributed by atoms with Crippen LogP contribution in [0.4, 0.5) is 0 Å². The number of unbranched alkanes of at least 4 members (excludes halogenated alkanes) is 1. The lowest BCUT2D eigenvalue weighted by Crippen LogP contribution is -2.10. The van der Waals surface area contributed by atoms with E-state index in [4.69, 9.17) is 0 Å². The van der Waals surface area contributed by atoms with Gasteiger partial charge >= 0.3 is 0 Å². The van der Waals surface area contributed by atoms with Crippen molar-refractivity contribution in [2.24, 2.45) is 5.92 Å². The molecule has 0 unspecified atom stereocenters. The maximum atomic E-state index is 9.54. The van der Waals surface area contributed by atoms with Crippen molar-refractivity contribution in [3.05, 3.63) is 51.7 Å². The minimum absolute atomic E-state index is 0.486. The molecule has 0 amide bonds. The van der Waals surface area contributed by atoms with Gasteiger partial charge in [-0.05, 0) is 60.2 Å². The van der Waals surface area contributed by atoms with Gasteiger partial charge in [-0.15, -0.1) is 11.3 Å². The summed E-state index contributed by atoms with van der Waals surface area (Å²) in [4.78, 5) is 1.47.